The van der Waals surface area contributed by atoms with E-state index in [2.05, 4.69) is 14.5 Å². The number of hydrogen-bond acceptors (Lipinski definition) is 6. The fourth-order valence-corrected chi connectivity index (χ4v) is 1.81. The highest BCUT2D eigenvalue weighted by molar-refractivity contribution is 7.67. The van der Waals surface area contributed by atoms with Gasteiger partial charge in [0.05, 0.1) is 6.61 Å². The van der Waals surface area contributed by atoms with E-state index in [4.69, 9.17) is 0 Å². The molecule has 0 aliphatic heterocycles. The number of rotatable bonds is 6. The van der Waals surface area contributed by atoms with Gasteiger partial charge in [0.15, 0.2) is 5.13 Å². The van der Waals surface area contributed by atoms with E-state index in [1.165, 1.54) is 0 Å². The second kappa shape index (κ2) is 5.94. The zero-order chi connectivity index (χ0) is 10.4. The molecule has 80 valence electrons. The van der Waals surface area contributed by atoms with Crippen LogP contribution in [-0.2, 0) is 15.2 Å². The molecule has 0 amide bonds. The first kappa shape index (κ1) is 11.4. The van der Waals surface area contributed by atoms with Crippen LogP contribution in [-0.4, -0.2) is 26.6 Å². The lowest BCUT2D eigenvalue weighted by Crippen LogP contribution is -2.04. The van der Waals surface area contributed by atoms with Crippen molar-refractivity contribution in [2.24, 2.45) is 0 Å². The molecule has 0 radical (unpaired) electrons. The van der Waals surface area contributed by atoms with Gasteiger partial charge in [-0.15, -0.1) is 11.3 Å². The average molecular weight is 236 g/mol. The summed E-state index contributed by atoms with van der Waals surface area (Å²) in [6.45, 7) is 2.86. The summed E-state index contributed by atoms with van der Waals surface area (Å²) in [5.74, 6) is 0. The Kier molecular flexibility index (Phi) is 4.85. The molecule has 0 aliphatic carbocycles. The average Bonchev–Trinajstić information content (AvgIpc) is 2.50. The number of hydrogen-bond donors (Lipinski definition) is 2. The highest BCUT2D eigenvalue weighted by Gasteiger charge is 1.96. The molecule has 0 fully saturated rings. The Morgan fingerprint density at radius 2 is 2.43 bits per heavy atom. The molecule has 1 heterocycles. The molecule has 1 rings (SSSR count). The maximum atomic E-state index is 10.0. The molecule has 5 nitrogen and oxygen atoms in total. The smallest absolute Gasteiger partial charge is 0.257 e. The maximum absolute atomic E-state index is 10.0. The Hall–Kier alpha value is -0.660. The van der Waals surface area contributed by atoms with Gasteiger partial charge in [-0.25, -0.2) is 13.4 Å². The van der Waals surface area contributed by atoms with Crippen LogP contribution in [0, 0.1) is 6.92 Å². The van der Waals surface area contributed by atoms with Crippen molar-refractivity contribution in [2.45, 2.75) is 13.3 Å². The van der Waals surface area contributed by atoms with Gasteiger partial charge in [0.2, 0.25) is 0 Å². The van der Waals surface area contributed by atoms with E-state index in [1.54, 1.807) is 17.5 Å². The summed E-state index contributed by atoms with van der Waals surface area (Å²) in [5, 5.41) is 3.93. The first-order valence-corrected chi connectivity index (χ1v) is 6.03. The van der Waals surface area contributed by atoms with Crippen LogP contribution < -0.4 is 5.32 Å². The Morgan fingerprint density at radius 1 is 1.64 bits per heavy atom. The van der Waals surface area contributed by atoms with Crippen LogP contribution in [0.3, 0.4) is 0 Å². The molecule has 0 aromatic carbocycles. The monoisotopic (exact) mass is 236 g/mol. The molecule has 1 aromatic rings. The third-order valence-electron chi connectivity index (χ3n) is 1.42. The van der Waals surface area contributed by atoms with Gasteiger partial charge in [0.25, 0.3) is 11.0 Å². The summed E-state index contributed by atoms with van der Waals surface area (Å²) in [4.78, 5) is 5.24. The normalized spacial score (nSPS) is 10.7. The van der Waals surface area contributed by atoms with Gasteiger partial charge in [-0.1, -0.05) is 0 Å². The summed E-state index contributed by atoms with van der Waals surface area (Å²) in [5.41, 5.74) is 0. The van der Waals surface area contributed by atoms with Gasteiger partial charge in [-0.3, -0.25) is 4.18 Å². The third-order valence-corrected chi connectivity index (χ3v) is 2.68. The predicted molar refractivity (Wildman–Crippen MR) is 56.2 cm³/mol. The fourth-order valence-electron chi connectivity index (χ4n) is 0.843. The van der Waals surface area contributed by atoms with E-state index in [0.717, 1.165) is 10.0 Å². The number of nitrogens with one attached hydrogen (secondary N) is 1. The molecule has 0 atom stereocenters. The Balaban J connectivity index is 2.10. The van der Waals surface area contributed by atoms with Crippen molar-refractivity contribution in [3.05, 3.63) is 11.1 Å². The quantitative estimate of drug-likeness (QED) is 0.565. The molecule has 0 saturated heterocycles. The molecule has 1 aromatic heterocycles. The van der Waals surface area contributed by atoms with Crippen LogP contribution in [0.1, 0.15) is 11.3 Å². The molecule has 0 spiro atoms. The van der Waals surface area contributed by atoms with E-state index in [-0.39, 0.29) is 6.61 Å². The van der Waals surface area contributed by atoms with Crippen LogP contribution in [0.15, 0.2) is 6.20 Å². The van der Waals surface area contributed by atoms with Crippen molar-refractivity contribution >= 4 is 27.5 Å². The van der Waals surface area contributed by atoms with Crippen molar-refractivity contribution in [3.63, 3.8) is 0 Å². The first-order chi connectivity index (χ1) is 6.68. The number of nitrogens with zero attached hydrogens (tertiary/aromatic N) is 1. The van der Waals surface area contributed by atoms with Gasteiger partial charge in [-0.05, 0) is 13.3 Å². The van der Waals surface area contributed by atoms with Crippen LogP contribution in [0.5, 0.6) is 0 Å². The van der Waals surface area contributed by atoms with Crippen LogP contribution in [0.2, 0.25) is 0 Å². The van der Waals surface area contributed by atoms with Crippen molar-refractivity contribution in [1.29, 1.82) is 0 Å². The number of anilines is 1. The molecule has 0 unspecified atom stereocenters. The van der Waals surface area contributed by atoms with Gasteiger partial charge < -0.3 is 5.32 Å². The lowest BCUT2D eigenvalue weighted by atomic mass is 10.5. The lowest BCUT2D eigenvalue weighted by molar-refractivity contribution is 0.330. The van der Waals surface area contributed by atoms with E-state index in [9.17, 15) is 8.42 Å². The van der Waals surface area contributed by atoms with Gasteiger partial charge in [0.1, 0.15) is 0 Å². The summed E-state index contributed by atoms with van der Waals surface area (Å²) in [6, 6.07) is 0. The third kappa shape index (κ3) is 4.54. The topological polar surface area (TPSA) is 68.3 Å². The Bertz CT molecular complexity index is 340. The van der Waals surface area contributed by atoms with Gasteiger partial charge >= 0.3 is 0 Å². The van der Waals surface area contributed by atoms with Gasteiger partial charge in [0, 0.05) is 17.6 Å². The largest absolute Gasteiger partial charge is 0.361 e. The van der Waals surface area contributed by atoms with E-state index >= 15 is 0 Å². The van der Waals surface area contributed by atoms with Crippen LogP contribution in [0.4, 0.5) is 5.13 Å². The highest BCUT2D eigenvalue weighted by atomic mass is 32.2. The van der Waals surface area contributed by atoms with Crippen molar-refractivity contribution in [2.75, 3.05) is 18.5 Å². The highest BCUT2D eigenvalue weighted by Crippen LogP contribution is 2.15. The Labute approximate surface area is 88.3 Å². The van der Waals surface area contributed by atoms with E-state index < -0.39 is 11.0 Å². The zero-order valence-corrected chi connectivity index (χ0v) is 9.44. The van der Waals surface area contributed by atoms with Crippen molar-refractivity contribution < 1.29 is 12.6 Å². The predicted octanol–water partition coefficient (Wildman–Crippen LogP) is 0.797. The molecular formula is C7H12N2O3S2. The van der Waals surface area contributed by atoms with Crippen LogP contribution >= 0.6 is 11.3 Å². The molecule has 7 heteroatoms. The van der Waals surface area contributed by atoms with E-state index in [0.29, 0.717) is 13.0 Å². The molecule has 1 N–H and O–H groups in total. The Morgan fingerprint density at radius 3 is 3.00 bits per heavy atom. The minimum absolute atomic E-state index is 0.218. The summed E-state index contributed by atoms with van der Waals surface area (Å²) in [7, 11) is -2.71. The minimum atomic E-state index is -2.71. The standard InChI is InChI=1S/C7H12N2O3S2/c1-6-5-9-7(13-6)8-3-2-4-12-14(10)11/h5,14H,2-4H2,1H3,(H,8,9). The molecule has 0 saturated carbocycles. The van der Waals surface area contributed by atoms with E-state index in [1.807, 2.05) is 6.92 Å². The SMILES string of the molecule is Cc1cnc(NCCCO[SH](=O)=O)s1. The minimum Gasteiger partial charge on any atom is -0.361 e. The summed E-state index contributed by atoms with van der Waals surface area (Å²) in [6.07, 6.45) is 2.43. The second-order valence-electron chi connectivity index (χ2n) is 2.61. The summed E-state index contributed by atoms with van der Waals surface area (Å²) < 4.78 is 24.4. The number of thiazole rings is 1. The zero-order valence-electron chi connectivity index (χ0n) is 7.73. The first-order valence-electron chi connectivity index (χ1n) is 4.12. The van der Waals surface area contributed by atoms with Crippen LogP contribution in [0.25, 0.3) is 0 Å². The maximum Gasteiger partial charge on any atom is 0.257 e. The molecule has 0 bridgehead atoms. The number of aryl methyl sites for hydroxylation is 1. The summed E-state index contributed by atoms with van der Waals surface area (Å²) >= 11 is 1.57. The van der Waals surface area contributed by atoms with Crippen molar-refractivity contribution in [1.82, 2.24) is 4.98 Å². The molecule has 14 heavy (non-hydrogen) atoms. The lowest BCUT2D eigenvalue weighted by Gasteiger charge is -1.99. The number of aromatic nitrogens is 1. The van der Waals surface area contributed by atoms with Gasteiger partial charge in [-0.2, -0.15) is 0 Å². The second-order valence-corrected chi connectivity index (χ2v) is 4.55. The fraction of sp³-hybridized carbons (Fsp3) is 0.571. The molecular weight excluding hydrogens is 224 g/mol. The molecule has 0 aliphatic rings. The van der Waals surface area contributed by atoms with Crippen molar-refractivity contribution in [3.8, 4) is 0 Å². The number of thiol groups is 1.